The van der Waals surface area contributed by atoms with Crippen molar-refractivity contribution >= 4 is 11.6 Å². The van der Waals surface area contributed by atoms with E-state index in [0.29, 0.717) is 17.8 Å². The molecule has 136 valence electrons. The quantitative estimate of drug-likeness (QED) is 0.825. The van der Waals surface area contributed by atoms with Gasteiger partial charge in [-0.25, -0.2) is 0 Å². The van der Waals surface area contributed by atoms with Gasteiger partial charge in [0.25, 0.3) is 0 Å². The van der Waals surface area contributed by atoms with Crippen molar-refractivity contribution in [1.29, 1.82) is 0 Å². The van der Waals surface area contributed by atoms with Gasteiger partial charge in [-0.05, 0) is 68.4 Å². The van der Waals surface area contributed by atoms with Crippen LogP contribution in [0.3, 0.4) is 0 Å². The molecule has 0 unspecified atom stereocenters. The van der Waals surface area contributed by atoms with Gasteiger partial charge >= 0.3 is 0 Å². The summed E-state index contributed by atoms with van der Waals surface area (Å²) in [6.45, 7) is 1.89. The van der Waals surface area contributed by atoms with Crippen molar-refractivity contribution in [3.05, 3.63) is 23.8 Å². The fourth-order valence-corrected chi connectivity index (χ4v) is 6.91. The van der Waals surface area contributed by atoms with Crippen molar-refractivity contribution in [2.75, 3.05) is 13.2 Å². The molecule has 4 aliphatic carbocycles. The molecular weight excluding hydrogens is 316 g/mol. The molecule has 3 saturated carbocycles. The molecule has 0 aromatic carbocycles. The third-order valence-corrected chi connectivity index (χ3v) is 8.11. The van der Waals surface area contributed by atoms with E-state index in [1.165, 1.54) is 5.57 Å². The molecule has 2 N–H and O–H groups in total. The van der Waals surface area contributed by atoms with Crippen molar-refractivity contribution in [2.45, 2.75) is 45.4 Å². The molecule has 4 aliphatic rings. The Balaban J connectivity index is 1.68. The van der Waals surface area contributed by atoms with E-state index in [2.05, 4.69) is 13.0 Å². The Morgan fingerprint density at radius 1 is 1.20 bits per heavy atom. The second-order valence-corrected chi connectivity index (χ2v) is 8.79. The molecule has 4 rings (SSSR count). The molecule has 4 nitrogen and oxygen atoms in total. The summed E-state index contributed by atoms with van der Waals surface area (Å²) in [5, 5.41) is 19.7. The largest absolute Gasteiger partial charge is 0.396 e. The first-order valence-electron chi connectivity index (χ1n) is 9.65. The van der Waals surface area contributed by atoms with Crippen LogP contribution in [0, 0.1) is 34.5 Å². The van der Waals surface area contributed by atoms with Crippen molar-refractivity contribution in [1.82, 2.24) is 0 Å². The molecule has 0 aliphatic heterocycles. The third kappa shape index (κ3) is 2.26. The minimum absolute atomic E-state index is 0.0467. The SMILES string of the molecule is C[C@]12C=CC(=O)C=C1CC[C@H]1[C@@H]3CC[C@H](C(=O)CO)[C@@]3(CO)CC[C@@H]12. The van der Waals surface area contributed by atoms with Crippen LogP contribution in [0.2, 0.25) is 0 Å². The number of carbonyl (C=O) groups is 2. The van der Waals surface area contributed by atoms with E-state index in [4.69, 9.17) is 0 Å². The van der Waals surface area contributed by atoms with E-state index in [9.17, 15) is 19.8 Å². The zero-order valence-corrected chi connectivity index (χ0v) is 14.9. The second kappa shape index (κ2) is 5.88. The lowest BCUT2D eigenvalue weighted by Gasteiger charge is -2.57. The summed E-state index contributed by atoms with van der Waals surface area (Å²) in [7, 11) is 0. The highest BCUT2D eigenvalue weighted by atomic mass is 16.3. The average Bonchev–Trinajstić information content (AvgIpc) is 3.01. The Bertz CT molecular complexity index is 663. The Kier molecular flexibility index (Phi) is 4.04. The van der Waals surface area contributed by atoms with Gasteiger partial charge in [0.05, 0.1) is 0 Å². The van der Waals surface area contributed by atoms with E-state index in [1.807, 2.05) is 6.08 Å². The van der Waals surface area contributed by atoms with E-state index >= 15 is 0 Å². The molecule has 4 heteroatoms. The number of Topliss-reactive ketones (excluding diaryl/α,β-unsaturated/α-hetero) is 1. The zero-order chi connectivity index (χ0) is 17.8. The van der Waals surface area contributed by atoms with Gasteiger partial charge < -0.3 is 10.2 Å². The van der Waals surface area contributed by atoms with E-state index in [0.717, 1.165) is 38.5 Å². The lowest BCUT2D eigenvalue weighted by atomic mass is 9.47. The predicted molar refractivity (Wildman–Crippen MR) is 93.6 cm³/mol. The van der Waals surface area contributed by atoms with Gasteiger partial charge in [0.1, 0.15) is 6.61 Å². The molecule has 0 aromatic heterocycles. The number of ketones is 2. The smallest absolute Gasteiger partial charge is 0.178 e. The molecule has 3 fully saturated rings. The summed E-state index contributed by atoms with van der Waals surface area (Å²) in [6.07, 6.45) is 11.2. The number of rotatable bonds is 3. The van der Waals surface area contributed by atoms with Gasteiger partial charge in [0.15, 0.2) is 11.6 Å². The number of aliphatic hydroxyl groups is 2. The van der Waals surface area contributed by atoms with Crippen molar-refractivity contribution in [2.24, 2.45) is 34.5 Å². The first kappa shape index (κ1) is 17.2. The minimum atomic E-state index is -0.414. The van der Waals surface area contributed by atoms with Gasteiger partial charge in [0.2, 0.25) is 0 Å². The van der Waals surface area contributed by atoms with Crippen molar-refractivity contribution in [3.8, 4) is 0 Å². The van der Waals surface area contributed by atoms with Gasteiger partial charge in [-0.1, -0.05) is 18.6 Å². The summed E-state index contributed by atoms with van der Waals surface area (Å²) >= 11 is 0. The molecule has 6 atom stereocenters. The fraction of sp³-hybridized carbons (Fsp3) is 0.714. The minimum Gasteiger partial charge on any atom is -0.396 e. The van der Waals surface area contributed by atoms with Gasteiger partial charge in [-0.3, -0.25) is 9.59 Å². The third-order valence-electron chi connectivity index (χ3n) is 8.11. The van der Waals surface area contributed by atoms with Crippen molar-refractivity contribution in [3.63, 3.8) is 0 Å². The summed E-state index contributed by atoms with van der Waals surface area (Å²) in [5.41, 5.74) is 0.864. The molecule has 0 spiro atoms. The molecule has 0 amide bonds. The molecule has 0 aromatic rings. The Morgan fingerprint density at radius 2 is 2.00 bits per heavy atom. The highest BCUT2D eigenvalue weighted by Crippen LogP contribution is 2.66. The first-order chi connectivity index (χ1) is 12.0. The number of hydrogen-bond acceptors (Lipinski definition) is 4. The number of carbonyl (C=O) groups excluding carboxylic acids is 2. The average molecular weight is 344 g/mol. The zero-order valence-electron chi connectivity index (χ0n) is 14.9. The molecule has 0 radical (unpaired) electrons. The van der Waals surface area contributed by atoms with Crippen LogP contribution in [-0.4, -0.2) is 35.0 Å². The number of allylic oxidation sites excluding steroid dienone is 4. The van der Waals surface area contributed by atoms with Crippen LogP contribution < -0.4 is 0 Å². The Labute approximate surface area is 149 Å². The van der Waals surface area contributed by atoms with Crippen molar-refractivity contribution < 1.29 is 19.8 Å². The van der Waals surface area contributed by atoms with Gasteiger partial charge in [-0.2, -0.15) is 0 Å². The lowest BCUT2D eigenvalue weighted by molar-refractivity contribution is -0.136. The molecular formula is C21H28O4. The van der Waals surface area contributed by atoms with Crippen LogP contribution in [0.15, 0.2) is 23.8 Å². The number of aliphatic hydroxyl groups excluding tert-OH is 2. The van der Waals surface area contributed by atoms with Crippen LogP contribution in [0.1, 0.15) is 45.4 Å². The highest BCUT2D eigenvalue weighted by molar-refractivity contribution is 6.01. The van der Waals surface area contributed by atoms with E-state index in [-0.39, 0.29) is 34.9 Å². The Morgan fingerprint density at radius 3 is 2.72 bits per heavy atom. The maximum absolute atomic E-state index is 12.3. The standard InChI is InChI=1S/C21H28O4/c1-20-8-6-14(24)10-13(20)2-3-15-16(20)7-9-21(12-23)17(15)4-5-18(21)19(25)11-22/h6,8,10,15-18,22-23H,2-5,7,9,11-12H2,1H3/t15-,16+,17+,18-,20+,21-/m1/s1. The van der Waals surface area contributed by atoms with Gasteiger partial charge in [0, 0.05) is 23.4 Å². The van der Waals surface area contributed by atoms with E-state index < -0.39 is 6.61 Å². The van der Waals surface area contributed by atoms with Crippen LogP contribution in [-0.2, 0) is 9.59 Å². The molecule has 0 bridgehead atoms. The first-order valence-corrected chi connectivity index (χ1v) is 9.65. The Hall–Kier alpha value is -1.26. The monoisotopic (exact) mass is 344 g/mol. The number of hydrogen-bond donors (Lipinski definition) is 2. The summed E-state index contributed by atoms with van der Waals surface area (Å²) in [4.78, 5) is 24.1. The van der Waals surface area contributed by atoms with Crippen LogP contribution >= 0.6 is 0 Å². The summed E-state index contributed by atoms with van der Waals surface area (Å²) in [6, 6.07) is 0. The molecule has 0 heterocycles. The predicted octanol–water partition coefficient (Wildman–Crippen LogP) is 2.44. The normalized spacial score (nSPS) is 45.4. The second-order valence-electron chi connectivity index (χ2n) is 8.79. The van der Waals surface area contributed by atoms with Crippen LogP contribution in [0.4, 0.5) is 0 Å². The van der Waals surface area contributed by atoms with Gasteiger partial charge in [-0.15, -0.1) is 0 Å². The fourth-order valence-electron chi connectivity index (χ4n) is 6.91. The summed E-state index contributed by atoms with van der Waals surface area (Å²) < 4.78 is 0. The maximum atomic E-state index is 12.3. The number of fused-ring (bicyclic) bond motifs is 5. The molecule has 25 heavy (non-hydrogen) atoms. The molecule has 0 saturated heterocycles. The topological polar surface area (TPSA) is 74.6 Å². The highest BCUT2D eigenvalue weighted by Gasteiger charge is 2.61. The maximum Gasteiger partial charge on any atom is 0.178 e. The van der Waals surface area contributed by atoms with E-state index in [1.54, 1.807) is 6.08 Å². The van der Waals surface area contributed by atoms with Crippen LogP contribution in [0.5, 0.6) is 0 Å². The summed E-state index contributed by atoms with van der Waals surface area (Å²) in [5.74, 6) is 1.12. The lowest BCUT2D eigenvalue weighted by Crippen LogP contribution is -2.53. The van der Waals surface area contributed by atoms with Crippen LogP contribution in [0.25, 0.3) is 0 Å².